The Morgan fingerprint density at radius 1 is 1.29 bits per heavy atom. The fraction of sp³-hybridized carbons (Fsp3) is 0.154. The molecule has 1 aromatic carbocycles. The molecule has 0 bridgehead atoms. The van der Waals surface area contributed by atoms with E-state index in [1.165, 1.54) is 12.1 Å². The Morgan fingerprint density at radius 3 is 2.82 bits per heavy atom. The van der Waals surface area contributed by atoms with Crippen LogP contribution in [0.1, 0.15) is 11.1 Å². The maximum absolute atomic E-state index is 12.9. The molecule has 0 aliphatic rings. The Hall–Kier alpha value is -1.42. The third-order valence-corrected chi connectivity index (χ3v) is 3.00. The van der Waals surface area contributed by atoms with Gasteiger partial charge in [0.1, 0.15) is 5.82 Å². The number of hydrogen-bond acceptors (Lipinski definition) is 2. The van der Waals surface area contributed by atoms with Crippen LogP contribution >= 0.6 is 15.9 Å². The molecule has 0 radical (unpaired) electrons. The van der Waals surface area contributed by atoms with Crippen molar-refractivity contribution in [3.63, 3.8) is 0 Å². The molecule has 1 aromatic heterocycles. The fourth-order valence-electron chi connectivity index (χ4n) is 1.54. The first-order valence-electron chi connectivity index (χ1n) is 5.24. The van der Waals surface area contributed by atoms with E-state index in [1.54, 1.807) is 6.07 Å². The van der Waals surface area contributed by atoms with Gasteiger partial charge in [0.25, 0.3) is 0 Å². The van der Waals surface area contributed by atoms with E-state index in [1.807, 2.05) is 19.3 Å². The number of halogens is 2. The van der Waals surface area contributed by atoms with Gasteiger partial charge in [-0.05, 0) is 52.2 Å². The number of nitrogens with one attached hydrogen (secondary N) is 1. The lowest BCUT2D eigenvalue weighted by molar-refractivity contribution is 0.627. The van der Waals surface area contributed by atoms with Gasteiger partial charge in [0.15, 0.2) is 0 Å². The Balaban J connectivity index is 2.07. The third kappa shape index (κ3) is 3.27. The topological polar surface area (TPSA) is 24.9 Å². The predicted octanol–water partition coefficient (Wildman–Crippen LogP) is 3.90. The summed E-state index contributed by atoms with van der Waals surface area (Å²) < 4.78 is 13.6. The second kappa shape index (κ2) is 5.27. The van der Waals surface area contributed by atoms with Crippen molar-refractivity contribution in [2.75, 3.05) is 5.32 Å². The predicted molar refractivity (Wildman–Crippen MR) is 70.4 cm³/mol. The van der Waals surface area contributed by atoms with Crippen LogP contribution in [0, 0.1) is 12.7 Å². The zero-order valence-electron chi connectivity index (χ0n) is 9.37. The molecule has 2 nitrogen and oxygen atoms in total. The second-order valence-corrected chi connectivity index (χ2v) is 4.70. The summed E-state index contributed by atoms with van der Waals surface area (Å²) in [6.45, 7) is 2.67. The zero-order chi connectivity index (χ0) is 12.3. The Kier molecular flexibility index (Phi) is 3.74. The molecule has 88 valence electrons. The first-order chi connectivity index (χ1) is 8.15. The maximum atomic E-state index is 12.9. The van der Waals surface area contributed by atoms with E-state index in [0.29, 0.717) is 6.54 Å². The van der Waals surface area contributed by atoms with Gasteiger partial charge >= 0.3 is 0 Å². The number of aromatic nitrogens is 1. The molecule has 0 fully saturated rings. The van der Waals surface area contributed by atoms with Crippen LogP contribution in [0.25, 0.3) is 0 Å². The normalized spacial score (nSPS) is 10.3. The molecule has 0 aliphatic carbocycles. The van der Waals surface area contributed by atoms with E-state index >= 15 is 0 Å². The summed E-state index contributed by atoms with van der Waals surface area (Å²) in [5.41, 5.74) is 3.09. The van der Waals surface area contributed by atoms with Gasteiger partial charge in [0, 0.05) is 29.1 Å². The summed E-state index contributed by atoms with van der Waals surface area (Å²) in [6.07, 6.45) is 3.63. The zero-order valence-corrected chi connectivity index (χ0v) is 11.0. The van der Waals surface area contributed by atoms with Crippen molar-refractivity contribution in [1.29, 1.82) is 0 Å². The molecule has 1 N–H and O–H groups in total. The van der Waals surface area contributed by atoms with Gasteiger partial charge in [-0.3, -0.25) is 4.98 Å². The largest absolute Gasteiger partial charge is 0.380 e. The summed E-state index contributed by atoms with van der Waals surface area (Å²) in [6, 6.07) is 6.65. The van der Waals surface area contributed by atoms with Crippen LogP contribution in [0.3, 0.4) is 0 Å². The first kappa shape index (κ1) is 12.0. The Bertz CT molecular complexity index is 529. The highest BCUT2D eigenvalue weighted by atomic mass is 79.9. The highest BCUT2D eigenvalue weighted by Gasteiger charge is 2.01. The number of nitrogens with zero attached hydrogens (tertiary/aromatic N) is 1. The summed E-state index contributed by atoms with van der Waals surface area (Å²) in [5.74, 6) is -0.250. The van der Waals surface area contributed by atoms with Crippen LogP contribution in [0.2, 0.25) is 0 Å². The van der Waals surface area contributed by atoms with E-state index in [-0.39, 0.29) is 5.82 Å². The molecule has 2 rings (SSSR count). The number of aryl methyl sites for hydroxylation is 1. The van der Waals surface area contributed by atoms with Crippen LogP contribution in [0.15, 0.2) is 41.1 Å². The van der Waals surface area contributed by atoms with Gasteiger partial charge < -0.3 is 5.32 Å². The number of rotatable bonds is 3. The van der Waals surface area contributed by atoms with E-state index in [4.69, 9.17) is 0 Å². The molecule has 0 saturated heterocycles. The Morgan fingerprint density at radius 2 is 2.12 bits per heavy atom. The monoisotopic (exact) mass is 294 g/mol. The minimum Gasteiger partial charge on any atom is -0.380 e. The number of benzene rings is 1. The van der Waals surface area contributed by atoms with Gasteiger partial charge in [-0.15, -0.1) is 0 Å². The van der Waals surface area contributed by atoms with Crippen molar-refractivity contribution in [3.8, 4) is 0 Å². The maximum Gasteiger partial charge on any atom is 0.124 e. The molecule has 0 unspecified atom stereocenters. The highest BCUT2D eigenvalue weighted by Crippen LogP contribution is 2.23. The van der Waals surface area contributed by atoms with Crippen molar-refractivity contribution in [3.05, 3.63) is 58.1 Å². The second-order valence-electron chi connectivity index (χ2n) is 3.85. The molecule has 0 amide bonds. The Labute approximate surface area is 108 Å². The van der Waals surface area contributed by atoms with E-state index in [0.717, 1.165) is 21.3 Å². The van der Waals surface area contributed by atoms with Crippen molar-refractivity contribution >= 4 is 21.6 Å². The lowest BCUT2D eigenvalue weighted by Gasteiger charge is -2.08. The molecule has 1 heterocycles. The van der Waals surface area contributed by atoms with Gasteiger partial charge in [-0.25, -0.2) is 4.39 Å². The van der Waals surface area contributed by atoms with Crippen LogP contribution in [-0.4, -0.2) is 4.98 Å². The lowest BCUT2D eigenvalue weighted by Crippen LogP contribution is -2.01. The molecule has 17 heavy (non-hydrogen) atoms. The fourth-order valence-corrected chi connectivity index (χ4v) is 2.04. The molecule has 0 atom stereocenters. The summed E-state index contributed by atoms with van der Waals surface area (Å²) >= 11 is 3.32. The van der Waals surface area contributed by atoms with Crippen LogP contribution in [0.5, 0.6) is 0 Å². The molecule has 0 saturated carbocycles. The summed E-state index contributed by atoms with van der Waals surface area (Å²) in [7, 11) is 0. The SMILES string of the molecule is Cc1cncc(CNc2ccc(F)cc2Br)c1. The average Bonchev–Trinajstić information content (AvgIpc) is 2.28. The van der Waals surface area contributed by atoms with E-state index in [9.17, 15) is 4.39 Å². The molecule has 2 aromatic rings. The third-order valence-electron chi connectivity index (χ3n) is 2.35. The number of pyridine rings is 1. The molecular weight excluding hydrogens is 283 g/mol. The van der Waals surface area contributed by atoms with Crippen LogP contribution in [-0.2, 0) is 6.54 Å². The molecule has 0 aliphatic heterocycles. The average molecular weight is 295 g/mol. The van der Waals surface area contributed by atoms with Crippen LogP contribution < -0.4 is 5.32 Å². The van der Waals surface area contributed by atoms with E-state index in [2.05, 4.69) is 32.3 Å². The van der Waals surface area contributed by atoms with Gasteiger partial charge in [-0.1, -0.05) is 6.07 Å². The van der Waals surface area contributed by atoms with Gasteiger partial charge in [0.05, 0.1) is 0 Å². The number of hydrogen-bond donors (Lipinski definition) is 1. The van der Waals surface area contributed by atoms with Crippen molar-refractivity contribution in [1.82, 2.24) is 4.98 Å². The lowest BCUT2D eigenvalue weighted by atomic mass is 10.2. The smallest absolute Gasteiger partial charge is 0.124 e. The minimum absolute atomic E-state index is 0.250. The van der Waals surface area contributed by atoms with Crippen molar-refractivity contribution in [2.24, 2.45) is 0 Å². The van der Waals surface area contributed by atoms with Crippen molar-refractivity contribution < 1.29 is 4.39 Å². The first-order valence-corrected chi connectivity index (χ1v) is 6.04. The van der Waals surface area contributed by atoms with Crippen molar-refractivity contribution in [2.45, 2.75) is 13.5 Å². The van der Waals surface area contributed by atoms with Crippen LogP contribution in [0.4, 0.5) is 10.1 Å². The van der Waals surface area contributed by atoms with Gasteiger partial charge in [0.2, 0.25) is 0 Å². The molecule has 4 heteroatoms. The molecular formula is C13H12BrFN2. The van der Waals surface area contributed by atoms with Gasteiger partial charge in [-0.2, -0.15) is 0 Å². The standard InChI is InChI=1S/C13H12BrFN2/c1-9-4-10(7-16-6-9)8-17-13-3-2-11(15)5-12(13)14/h2-7,17H,8H2,1H3. The highest BCUT2D eigenvalue weighted by molar-refractivity contribution is 9.10. The quantitative estimate of drug-likeness (QED) is 0.928. The molecule has 0 spiro atoms. The summed E-state index contributed by atoms with van der Waals surface area (Å²) in [5, 5.41) is 3.23. The number of anilines is 1. The minimum atomic E-state index is -0.250. The van der Waals surface area contributed by atoms with E-state index < -0.39 is 0 Å². The summed E-state index contributed by atoms with van der Waals surface area (Å²) in [4.78, 5) is 4.12.